The Morgan fingerprint density at radius 2 is 1.93 bits per heavy atom. The summed E-state index contributed by atoms with van der Waals surface area (Å²) >= 11 is 0. The summed E-state index contributed by atoms with van der Waals surface area (Å²) in [6.07, 6.45) is 1.62. The second kappa shape index (κ2) is 4.17. The van der Waals surface area contributed by atoms with Gasteiger partial charge in [-0.3, -0.25) is 0 Å². The summed E-state index contributed by atoms with van der Waals surface area (Å²) < 4.78 is 10.7. The maximum absolute atomic E-state index is 5.50. The van der Waals surface area contributed by atoms with Crippen LogP contribution in [-0.2, 0) is 6.61 Å². The Kier molecular flexibility index (Phi) is 2.72. The zero-order chi connectivity index (χ0) is 10.7. The van der Waals surface area contributed by atoms with E-state index in [-0.39, 0.29) is 0 Å². The largest absolute Gasteiger partial charge is 0.484 e. The second-order valence-corrected chi connectivity index (χ2v) is 3.48. The number of benzene rings is 1. The van der Waals surface area contributed by atoms with Crippen molar-refractivity contribution in [2.45, 2.75) is 20.5 Å². The van der Waals surface area contributed by atoms with Gasteiger partial charge in [-0.2, -0.15) is 0 Å². The van der Waals surface area contributed by atoms with Crippen LogP contribution in [0, 0.1) is 13.8 Å². The van der Waals surface area contributed by atoms with Crippen molar-refractivity contribution in [1.82, 2.24) is 4.98 Å². The monoisotopic (exact) mass is 203 g/mol. The molecule has 3 heteroatoms. The molecule has 0 aliphatic rings. The van der Waals surface area contributed by atoms with Crippen molar-refractivity contribution in [2.75, 3.05) is 0 Å². The Labute approximate surface area is 88.7 Å². The normalized spacial score (nSPS) is 10.3. The van der Waals surface area contributed by atoms with Gasteiger partial charge in [0.25, 0.3) is 0 Å². The molecule has 0 aliphatic heterocycles. The van der Waals surface area contributed by atoms with E-state index < -0.39 is 0 Å². The summed E-state index contributed by atoms with van der Waals surface area (Å²) in [5.74, 6) is 1.43. The third-order valence-corrected chi connectivity index (χ3v) is 2.05. The van der Waals surface area contributed by atoms with E-state index in [0.717, 1.165) is 11.4 Å². The van der Waals surface area contributed by atoms with Crippen LogP contribution in [0.1, 0.15) is 17.1 Å². The molecule has 0 aliphatic carbocycles. The number of oxazole rings is 1. The van der Waals surface area contributed by atoms with Gasteiger partial charge in [0.1, 0.15) is 12.0 Å². The summed E-state index contributed by atoms with van der Waals surface area (Å²) in [4.78, 5) is 4.15. The summed E-state index contributed by atoms with van der Waals surface area (Å²) in [5, 5.41) is 0. The van der Waals surface area contributed by atoms with E-state index in [1.165, 1.54) is 5.56 Å². The fraction of sp³-hybridized carbons (Fsp3) is 0.250. The van der Waals surface area contributed by atoms with Gasteiger partial charge in [0.05, 0.1) is 5.69 Å². The molecule has 3 nitrogen and oxygen atoms in total. The minimum Gasteiger partial charge on any atom is -0.484 e. The molecule has 2 rings (SSSR count). The summed E-state index contributed by atoms with van der Waals surface area (Å²) in [5.41, 5.74) is 2.09. The van der Waals surface area contributed by atoms with E-state index in [1.807, 2.05) is 38.1 Å². The zero-order valence-electron chi connectivity index (χ0n) is 8.86. The van der Waals surface area contributed by atoms with E-state index in [1.54, 1.807) is 6.26 Å². The quantitative estimate of drug-likeness (QED) is 0.769. The van der Waals surface area contributed by atoms with Crippen molar-refractivity contribution in [3.05, 3.63) is 47.7 Å². The van der Waals surface area contributed by atoms with Crippen molar-refractivity contribution in [3.63, 3.8) is 0 Å². The molecule has 15 heavy (non-hydrogen) atoms. The van der Waals surface area contributed by atoms with E-state index >= 15 is 0 Å². The predicted molar refractivity (Wildman–Crippen MR) is 56.8 cm³/mol. The van der Waals surface area contributed by atoms with Gasteiger partial charge < -0.3 is 9.15 Å². The second-order valence-electron chi connectivity index (χ2n) is 3.48. The summed E-state index contributed by atoms with van der Waals surface area (Å²) in [6, 6.07) is 7.89. The van der Waals surface area contributed by atoms with Crippen molar-refractivity contribution >= 4 is 0 Å². The molecule has 0 amide bonds. The van der Waals surface area contributed by atoms with Crippen molar-refractivity contribution in [1.29, 1.82) is 0 Å². The van der Waals surface area contributed by atoms with Crippen molar-refractivity contribution < 1.29 is 9.15 Å². The standard InChI is InChI=1S/C12H13NO2/c1-9-3-5-11(6-4-9)14-8-12-13-10(2)7-15-12/h3-7H,8H2,1-2H3. The van der Waals surface area contributed by atoms with Crippen LogP contribution in [0.5, 0.6) is 5.75 Å². The lowest BCUT2D eigenvalue weighted by atomic mass is 10.2. The molecule has 0 saturated carbocycles. The first-order valence-corrected chi connectivity index (χ1v) is 4.84. The summed E-state index contributed by atoms with van der Waals surface area (Å²) in [6.45, 7) is 4.30. The SMILES string of the molecule is Cc1ccc(OCc2nc(C)co2)cc1. The minimum absolute atomic E-state index is 0.372. The first-order chi connectivity index (χ1) is 7.24. The molecule has 0 N–H and O–H groups in total. The molecule has 0 radical (unpaired) electrons. The first kappa shape index (κ1) is 9.77. The highest BCUT2D eigenvalue weighted by molar-refractivity contribution is 5.26. The van der Waals surface area contributed by atoms with Crippen LogP contribution < -0.4 is 4.74 Å². The lowest BCUT2D eigenvalue weighted by molar-refractivity contribution is 0.263. The van der Waals surface area contributed by atoms with Gasteiger partial charge in [-0.15, -0.1) is 0 Å². The molecule has 0 bridgehead atoms. The number of nitrogens with zero attached hydrogens (tertiary/aromatic N) is 1. The van der Waals surface area contributed by atoms with Gasteiger partial charge in [0.2, 0.25) is 5.89 Å². The molecule has 1 aromatic carbocycles. The molecular weight excluding hydrogens is 190 g/mol. The Hall–Kier alpha value is -1.77. The van der Waals surface area contributed by atoms with E-state index in [9.17, 15) is 0 Å². The van der Waals surface area contributed by atoms with Crippen LogP contribution >= 0.6 is 0 Å². The van der Waals surface area contributed by atoms with Gasteiger partial charge in [0, 0.05) is 0 Å². The number of rotatable bonds is 3. The Balaban J connectivity index is 1.96. The topological polar surface area (TPSA) is 35.3 Å². The van der Waals surface area contributed by atoms with Gasteiger partial charge in [0.15, 0.2) is 6.61 Å². The molecule has 0 atom stereocenters. The smallest absolute Gasteiger partial charge is 0.232 e. The highest BCUT2D eigenvalue weighted by Gasteiger charge is 2.01. The zero-order valence-corrected chi connectivity index (χ0v) is 8.86. The van der Waals surface area contributed by atoms with Crippen LogP contribution in [0.3, 0.4) is 0 Å². The lowest BCUT2D eigenvalue weighted by Gasteiger charge is -2.03. The van der Waals surface area contributed by atoms with E-state index in [0.29, 0.717) is 12.5 Å². The number of aryl methyl sites for hydroxylation is 2. The van der Waals surface area contributed by atoms with Crippen molar-refractivity contribution in [3.8, 4) is 5.75 Å². The molecule has 0 unspecified atom stereocenters. The molecule has 2 aromatic rings. The average Bonchev–Trinajstić information content (AvgIpc) is 2.64. The molecule has 1 heterocycles. The van der Waals surface area contributed by atoms with Crippen LogP contribution in [0.15, 0.2) is 34.9 Å². The number of hydrogen-bond acceptors (Lipinski definition) is 3. The molecule has 0 fully saturated rings. The van der Waals surface area contributed by atoms with Gasteiger partial charge >= 0.3 is 0 Å². The first-order valence-electron chi connectivity index (χ1n) is 4.84. The summed E-state index contributed by atoms with van der Waals surface area (Å²) in [7, 11) is 0. The number of hydrogen-bond donors (Lipinski definition) is 0. The van der Waals surface area contributed by atoms with Gasteiger partial charge in [-0.25, -0.2) is 4.98 Å². The van der Waals surface area contributed by atoms with Crippen LogP contribution in [0.2, 0.25) is 0 Å². The molecule has 1 aromatic heterocycles. The number of ether oxygens (including phenoxy) is 1. The highest BCUT2D eigenvalue weighted by Crippen LogP contribution is 2.13. The van der Waals surface area contributed by atoms with Crippen LogP contribution in [0.4, 0.5) is 0 Å². The van der Waals surface area contributed by atoms with Crippen molar-refractivity contribution in [2.24, 2.45) is 0 Å². The fourth-order valence-electron chi connectivity index (χ4n) is 1.25. The molecule has 78 valence electrons. The maximum atomic E-state index is 5.50. The van der Waals surface area contributed by atoms with Crippen LogP contribution in [0.25, 0.3) is 0 Å². The van der Waals surface area contributed by atoms with Gasteiger partial charge in [-0.05, 0) is 26.0 Å². The Bertz CT molecular complexity index is 431. The van der Waals surface area contributed by atoms with Gasteiger partial charge in [-0.1, -0.05) is 17.7 Å². The average molecular weight is 203 g/mol. The molecular formula is C12H13NO2. The van der Waals surface area contributed by atoms with E-state index in [2.05, 4.69) is 4.98 Å². The fourth-order valence-corrected chi connectivity index (χ4v) is 1.25. The maximum Gasteiger partial charge on any atom is 0.232 e. The lowest BCUT2D eigenvalue weighted by Crippen LogP contribution is -1.95. The molecule has 0 saturated heterocycles. The number of aromatic nitrogens is 1. The van der Waals surface area contributed by atoms with Crippen LogP contribution in [-0.4, -0.2) is 4.98 Å². The minimum atomic E-state index is 0.372. The third kappa shape index (κ3) is 2.59. The molecule has 0 spiro atoms. The Morgan fingerprint density at radius 3 is 2.53 bits per heavy atom. The highest BCUT2D eigenvalue weighted by atomic mass is 16.5. The third-order valence-electron chi connectivity index (χ3n) is 2.05. The Morgan fingerprint density at radius 1 is 1.20 bits per heavy atom. The predicted octanol–water partition coefficient (Wildman–Crippen LogP) is 2.87. The van der Waals surface area contributed by atoms with E-state index in [4.69, 9.17) is 9.15 Å².